The van der Waals surface area contributed by atoms with Crippen molar-refractivity contribution in [1.29, 1.82) is 0 Å². The Bertz CT molecular complexity index is 1250. The number of fused-ring (bicyclic) bond motifs is 1. The molecule has 3 aromatic rings. The summed E-state index contributed by atoms with van der Waals surface area (Å²) in [4.78, 5) is 26.2. The zero-order valence-electron chi connectivity index (χ0n) is 16.7. The van der Waals surface area contributed by atoms with Gasteiger partial charge in [-0.1, -0.05) is 12.1 Å². The highest BCUT2D eigenvalue weighted by Crippen LogP contribution is 2.32. The van der Waals surface area contributed by atoms with E-state index in [-0.39, 0.29) is 16.3 Å². The second kappa shape index (κ2) is 7.77. The van der Waals surface area contributed by atoms with Crippen molar-refractivity contribution < 1.29 is 27.5 Å². The molecule has 158 valence electrons. The van der Waals surface area contributed by atoms with Gasteiger partial charge in [0, 0.05) is 6.07 Å². The maximum atomic E-state index is 12.9. The number of nitrogens with one attached hydrogen (secondary N) is 1. The molecule has 3 aromatic carbocycles. The number of hydrogen-bond acceptors (Lipinski definition) is 6. The molecular weight excluding hydrogens is 420 g/mol. The molecule has 0 aliphatic carbocycles. The molecule has 0 fully saturated rings. The first-order chi connectivity index (χ1) is 14.9. The molecule has 1 N–H and O–H groups in total. The molecule has 31 heavy (non-hydrogen) atoms. The van der Waals surface area contributed by atoms with E-state index in [0.717, 1.165) is 4.90 Å². The third-order valence-corrected chi connectivity index (χ3v) is 6.23. The number of sulfonamides is 1. The summed E-state index contributed by atoms with van der Waals surface area (Å²) in [5, 5.41) is 0. The summed E-state index contributed by atoms with van der Waals surface area (Å²) in [7, 11) is -1.07. The van der Waals surface area contributed by atoms with Crippen LogP contribution in [-0.2, 0) is 10.0 Å². The van der Waals surface area contributed by atoms with Crippen LogP contribution >= 0.6 is 0 Å². The lowest BCUT2D eigenvalue weighted by Crippen LogP contribution is -2.29. The number of amides is 2. The van der Waals surface area contributed by atoms with Gasteiger partial charge in [-0.05, 0) is 48.5 Å². The van der Waals surface area contributed by atoms with Crippen molar-refractivity contribution in [2.24, 2.45) is 0 Å². The smallest absolute Gasteiger partial charge is 0.266 e. The van der Waals surface area contributed by atoms with E-state index >= 15 is 0 Å². The average molecular weight is 438 g/mol. The van der Waals surface area contributed by atoms with E-state index in [1.54, 1.807) is 36.4 Å². The van der Waals surface area contributed by atoms with Gasteiger partial charge < -0.3 is 9.47 Å². The Labute approximate surface area is 179 Å². The highest BCUT2D eigenvalue weighted by molar-refractivity contribution is 7.92. The molecule has 0 radical (unpaired) electrons. The van der Waals surface area contributed by atoms with Gasteiger partial charge in [-0.3, -0.25) is 14.3 Å². The highest BCUT2D eigenvalue weighted by atomic mass is 32.2. The van der Waals surface area contributed by atoms with Crippen LogP contribution in [0.15, 0.2) is 71.6 Å². The number of nitrogens with zero attached hydrogens (tertiary/aromatic N) is 1. The standard InChI is InChI=1S/C22H18N2O6S/c1-29-15-9-12-20(30-2)19(13-15)23-31(27,28)16-10-7-14(8-11-16)24-21(25)17-5-3-4-6-18(17)22(24)26/h3-13,23H,1-2H3. The lowest BCUT2D eigenvalue weighted by Gasteiger charge is -2.16. The summed E-state index contributed by atoms with van der Waals surface area (Å²) in [5.74, 6) is -0.114. The quantitative estimate of drug-likeness (QED) is 0.593. The fraction of sp³-hybridized carbons (Fsp3) is 0.0909. The van der Waals surface area contributed by atoms with Crippen LogP contribution in [0.4, 0.5) is 11.4 Å². The van der Waals surface area contributed by atoms with Crippen molar-refractivity contribution in [3.05, 3.63) is 77.9 Å². The minimum Gasteiger partial charge on any atom is -0.497 e. The van der Waals surface area contributed by atoms with Gasteiger partial charge in [0.25, 0.3) is 21.8 Å². The Morgan fingerprint density at radius 3 is 1.97 bits per heavy atom. The fourth-order valence-electron chi connectivity index (χ4n) is 3.30. The van der Waals surface area contributed by atoms with Crippen LogP contribution in [0.5, 0.6) is 11.5 Å². The maximum Gasteiger partial charge on any atom is 0.266 e. The van der Waals surface area contributed by atoms with Gasteiger partial charge in [0.1, 0.15) is 11.5 Å². The van der Waals surface area contributed by atoms with E-state index in [2.05, 4.69) is 4.72 Å². The summed E-state index contributed by atoms with van der Waals surface area (Å²) in [6.45, 7) is 0. The average Bonchev–Trinajstić information content (AvgIpc) is 3.04. The van der Waals surface area contributed by atoms with Crippen LogP contribution < -0.4 is 19.1 Å². The monoisotopic (exact) mass is 438 g/mol. The van der Waals surface area contributed by atoms with Gasteiger partial charge in [-0.2, -0.15) is 0 Å². The molecule has 1 heterocycles. The molecule has 0 unspecified atom stereocenters. The topological polar surface area (TPSA) is 102 Å². The first kappa shape index (κ1) is 20.4. The molecule has 0 bridgehead atoms. The fourth-order valence-corrected chi connectivity index (χ4v) is 4.36. The van der Waals surface area contributed by atoms with Crippen LogP contribution in [0.1, 0.15) is 20.7 Å². The number of anilines is 2. The van der Waals surface area contributed by atoms with Crippen molar-refractivity contribution in [1.82, 2.24) is 0 Å². The zero-order chi connectivity index (χ0) is 22.2. The van der Waals surface area contributed by atoms with E-state index in [4.69, 9.17) is 9.47 Å². The molecule has 0 saturated heterocycles. The maximum absolute atomic E-state index is 12.9. The second-order valence-electron chi connectivity index (χ2n) is 6.66. The second-order valence-corrected chi connectivity index (χ2v) is 8.34. The minimum atomic E-state index is -3.97. The molecule has 1 aliphatic heterocycles. The molecule has 0 saturated carbocycles. The number of ether oxygens (including phenoxy) is 2. The van der Waals surface area contributed by atoms with Crippen molar-refractivity contribution in [2.75, 3.05) is 23.8 Å². The summed E-state index contributed by atoms with van der Waals surface area (Å²) < 4.78 is 38.5. The minimum absolute atomic E-state index is 0.0438. The third-order valence-electron chi connectivity index (χ3n) is 4.85. The number of carbonyl (C=O) groups excluding carboxylic acids is 2. The van der Waals surface area contributed by atoms with E-state index in [1.165, 1.54) is 44.6 Å². The summed E-state index contributed by atoms with van der Waals surface area (Å²) in [6, 6.07) is 16.8. The van der Waals surface area contributed by atoms with E-state index < -0.39 is 21.8 Å². The molecule has 0 spiro atoms. The van der Waals surface area contributed by atoms with Crippen LogP contribution in [0.3, 0.4) is 0 Å². The van der Waals surface area contributed by atoms with Gasteiger partial charge in [0.05, 0.1) is 41.6 Å². The van der Waals surface area contributed by atoms with Crippen molar-refractivity contribution >= 4 is 33.2 Å². The summed E-state index contributed by atoms with van der Waals surface area (Å²) >= 11 is 0. The van der Waals surface area contributed by atoms with E-state index in [9.17, 15) is 18.0 Å². The predicted octanol–water partition coefficient (Wildman–Crippen LogP) is 3.31. The largest absolute Gasteiger partial charge is 0.497 e. The lowest BCUT2D eigenvalue weighted by atomic mass is 10.1. The van der Waals surface area contributed by atoms with Gasteiger partial charge in [0.15, 0.2) is 0 Å². The Balaban J connectivity index is 1.62. The molecule has 0 aromatic heterocycles. The Morgan fingerprint density at radius 2 is 1.42 bits per heavy atom. The third kappa shape index (κ3) is 3.59. The van der Waals surface area contributed by atoms with Gasteiger partial charge in [-0.25, -0.2) is 13.3 Å². The molecule has 0 atom stereocenters. The Kier molecular flexibility index (Phi) is 5.12. The molecule has 9 heteroatoms. The van der Waals surface area contributed by atoms with E-state index in [0.29, 0.717) is 22.6 Å². The first-order valence-electron chi connectivity index (χ1n) is 9.18. The SMILES string of the molecule is COc1ccc(OC)c(NS(=O)(=O)c2ccc(N3C(=O)c4ccccc4C3=O)cc2)c1. The van der Waals surface area contributed by atoms with Crippen LogP contribution in [0.25, 0.3) is 0 Å². The lowest BCUT2D eigenvalue weighted by molar-refractivity contribution is 0.0926. The number of benzene rings is 3. The Morgan fingerprint density at radius 1 is 0.806 bits per heavy atom. The number of rotatable bonds is 6. The van der Waals surface area contributed by atoms with Gasteiger partial charge in [-0.15, -0.1) is 0 Å². The summed E-state index contributed by atoms with van der Waals surface area (Å²) in [5.41, 5.74) is 1.13. The zero-order valence-corrected chi connectivity index (χ0v) is 17.5. The first-order valence-corrected chi connectivity index (χ1v) is 10.7. The highest BCUT2D eigenvalue weighted by Gasteiger charge is 2.36. The van der Waals surface area contributed by atoms with Crippen LogP contribution in [-0.4, -0.2) is 34.5 Å². The number of methoxy groups -OCH3 is 2. The molecule has 8 nitrogen and oxygen atoms in total. The normalized spacial score (nSPS) is 13.2. The van der Waals surface area contributed by atoms with Gasteiger partial charge >= 0.3 is 0 Å². The Hall–Kier alpha value is -3.85. The number of imide groups is 1. The van der Waals surface area contributed by atoms with Gasteiger partial charge in [0.2, 0.25) is 0 Å². The molecule has 4 rings (SSSR count). The number of hydrogen-bond donors (Lipinski definition) is 1. The predicted molar refractivity (Wildman–Crippen MR) is 114 cm³/mol. The van der Waals surface area contributed by atoms with Crippen molar-refractivity contribution in [3.8, 4) is 11.5 Å². The molecular formula is C22H18N2O6S. The molecule has 2 amide bonds. The number of carbonyl (C=O) groups is 2. The van der Waals surface area contributed by atoms with Crippen LogP contribution in [0.2, 0.25) is 0 Å². The van der Waals surface area contributed by atoms with E-state index in [1.807, 2.05) is 0 Å². The summed E-state index contributed by atoms with van der Waals surface area (Å²) in [6.07, 6.45) is 0. The van der Waals surface area contributed by atoms with Crippen molar-refractivity contribution in [3.63, 3.8) is 0 Å². The van der Waals surface area contributed by atoms with Crippen LogP contribution in [0, 0.1) is 0 Å². The molecule has 1 aliphatic rings. The van der Waals surface area contributed by atoms with Crippen molar-refractivity contribution in [2.45, 2.75) is 4.90 Å².